The molecule has 0 fully saturated rings. The second-order valence-corrected chi connectivity index (χ2v) is 5.04. The zero-order valence-corrected chi connectivity index (χ0v) is 12.3. The maximum Gasteiger partial charge on any atom is 0.315 e. The topological polar surface area (TPSA) is 50.4 Å². The van der Waals surface area contributed by atoms with Crippen LogP contribution in [-0.4, -0.2) is 12.1 Å². The minimum absolute atomic E-state index is 0.131. The third-order valence-corrected chi connectivity index (χ3v) is 2.78. The van der Waals surface area contributed by atoms with Crippen LogP contribution in [0.1, 0.15) is 19.4 Å². The van der Waals surface area contributed by atoms with Gasteiger partial charge in [-0.2, -0.15) is 0 Å². The molecule has 0 saturated heterocycles. The minimum Gasteiger partial charge on any atom is -0.457 e. The summed E-state index contributed by atoms with van der Waals surface area (Å²) >= 11 is 0. The number of nitrogens with one attached hydrogen (secondary N) is 2. The molecule has 0 aliphatic rings. The summed E-state index contributed by atoms with van der Waals surface area (Å²) in [7, 11) is 0. The average Bonchev–Trinajstić information content (AvgIpc) is 2.47. The maximum absolute atomic E-state index is 11.5. The Balaban J connectivity index is 1.86. The molecule has 0 spiro atoms. The van der Waals surface area contributed by atoms with Crippen molar-refractivity contribution in [3.63, 3.8) is 0 Å². The molecule has 2 N–H and O–H groups in total. The van der Waals surface area contributed by atoms with Crippen LogP contribution in [0.4, 0.5) is 4.79 Å². The molecule has 0 atom stereocenters. The van der Waals surface area contributed by atoms with Gasteiger partial charge in [0.15, 0.2) is 0 Å². The van der Waals surface area contributed by atoms with E-state index in [9.17, 15) is 4.79 Å². The van der Waals surface area contributed by atoms with E-state index in [-0.39, 0.29) is 12.1 Å². The Morgan fingerprint density at radius 3 is 2.24 bits per heavy atom. The van der Waals surface area contributed by atoms with E-state index in [0.29, 0.717) is 6.54 Å². The SMILES string of the molecule is CC(C)NC(=O)NCc1ccc(Oc2ccccc2)cc1. The molecule has 0 radical (unpaired) electrons. The van der Waals surface area contributed by atoms with E-state index in [2.05, 4.69) is 10.6 Å². The molecule has 0 bridgehead atoms. The lowest BCUT2D eigenvalue weighted by Gasteiger charge is -2.10. The molecular formula is C17H20N2O2. The van der Waals surface area contributed by atoms with Crippen molar-refractivity contribution in [1.29, 1.82) is 0 Å². The van der Waals surface area contributed by atoms with E-state index in [0.717, 1.165) is 17.1 Å². The molecule has 2 aromatic carbocycles. The molecule has 2 amide bonds. The van der Waals surface area contributed by atoms with Crippen LogP contribution in [0.25, 0.3) is 0 Å². The standard InChI is InChI=1S/C17H20N2O2/c1-13(2)19-17(20)18-12-14-8-10-16(11-9-14)21-15-6-4-3-5-7-15/h3-11,13H,12H2,1-2H3,(H2,18,19,20). The van der Waals surface area contributed by atoms with Gasteiger partial charge in [-0.05, 0) is 43.7 Å². The van der Waals surface area contributed by atoms with E-state index in [1.807, 2.05) is 68.4 Å². The largest absolute Gasteiger partial charge is 0.457 e. The summed E-state index contributed by atoms with van der Waals surface area (Å²) in [5, 5.41) is 5.59. The number of carbonyl (C=O) groups excluding carboxylic acids is 1. The van der Waals surface area contributed by atoms with E-state index >= 15 is 0 Å². The lowest BCUT2D eigenvalue weighted by atomic mass is 10.2. The monoisotopic (exact) mass is 284 g/mol. The Hall–Kier alpha value is -2.49. The number of benzene rings is 2. The van der Waals surface area contributed by atoms with Gasteiger partial charge >= 0.3 is 6.03 Å². The Labute approximate surface area is 125 Å². The van der Waals surface area contributed by atoms with E-state index in [4.69, 9.17) is 4.74 Å². The lowest BCUT2D eigenvalue weighted by molar-refractivity contribution is 0.238. The second-order valence-electron chi connectivity index (χ2n) is 5.04. The number of rotatable bonds is 5. The molecule has 0 aliphatic carbocycles. The highest BCUT2D eigenvalue weighted by Crippen LogP contribution is 2.20. The van der Waals surface area contributed by atoms with Crippen LogP contribution in [0, 0.1) is 0 Å². The predicted octanol–water partition coefficient (Wildman–Crippen LogP) is 3.69. The number of hydrogen-bond acceptors (Lipinski definition) is 2. The fraction of sp³-hybridized carbons (Fsp3) is 0.235. The van der Waals surface area contributed by atoms with Crippen LogP contribution in [-0.2, 0) is 6.54 Å². The van der Waals surface area contributed by atoms with Gasteiger partial charge in [-0.25, -0.2) is 4.79 Å². The van der Waals surface area contributed by atoms with Crippen LogP contribution in [0.3, 0.4) is 0 Å². The average molecular weight is 284 g/mol. The highest BCUT2D eigenvalue weighted by atomic mass is 16.5. The van der Waals surface area contributed by atoms with Crippen molar-refractivity contribution >= 4 is 6.03 Å². The van der Waals surface area contributed by atoms with Crippen molar-refractivity contribution in [1.82, 2.24) is 10.6 Å². The Kier molecular flexibility index (Phi) is 5.21. The molecule has 4 nitrogen and oxygen atoms in total. The minimum atomic E-state index is -0.158. The zero-order chi connectivity index (χ0) is 15.1. The lowest BCUT2D eigenvalue weighted by Crippen LogP contribution is -2.38. The molecule has 2 rings (SSSR count). The fourth-order valence-electron chi connectivity index (χ4n) is 1.80. The molecule has 0 unspecified atom stereocenters. The van der Waals surface area contributed by atoms with Gasteiger partial charge in [0.05, 0.1) is 0 Å². The fourth-order valence-corrected chi connectivity index (χ4v) is 1.80. The first kappa shape index (κ1) is 14.9. The van der Waals surface area contributed by atoms with Crippen molar-refractivity contribution in [2.24, 2.45) is 0 Å². The van der Waals surface area contributed by atoms with Gasteiger partial charge in [0.2, 0.25) is 0 Å². The van der Waals surface area contributed by atoms with Crippen molar-refractivity contribution in [2.45, 2.75) is 26.4 Å². The first-order chi connectivity index (χ1) is 10.1. The molecule has 110 valence electrons. The van der Waals surface area contributed by atoms with Crippen LogP contribution in [0.5, 0.6) is 11.5 Å². The van der Waals surface area contributed by atoms with E-state index in [1.54, 1.807) is 0 Å². The van der Waals surface area contributed by atoms with Gasteiger partial charge in [0, 0.05) is 12.6 Å². The van der Waals surface area contributed by atoms with Gasteiger partial charge < -0.3 is 15.4 Å². The van der Waals surface area contributed by atoms with E-state index < -0.39 is 0 Å². The molecule has 0 aliphatic heterocycles. The summed E-state index contributed by atoms with van der Waals surface area (Å²) in [6.45, 7) is 4.34. The summed E-state index contributed by atoms with van der Waals surface area (Å²) in [5.74, 6) is 1.58. The van der Waals surface area contributed by atoms with Crippen LogP contribution < -0.4 is 15.4 Å². The summed E-state index contributed by atoms with van der Waals surface area (Å²) in [4.78, 5) is 11.5. The van der Waals surface area contributed by atoms with Crippen molar-refractivity contribution in [3.05, 3.63) is 60.2 Å². The number of ether oxygens (including phenoxy) is 1. The molecule has 0 saturated carbocycles. The van der Waals surface area contributed by atoms with Gasteiger partial charge in [-0.3, -0.25) is 0 Å². The van der Waals surface area contributed by atoms with Crippen molar-refractivity contribution in [3.8, 4) is 11.5 Å². The first-order valence-corrected chi connectivity index (χ1v) is 6.99. The van der Waals surface area contributed by atoms with Crippen molar-refractivity contribution in [2.75, 3.05) is 0 Å². The van der Waals surface area contributed by atoms with Crippen LogP contribution in [0.2, 0.25) is 0 Å². The third-order valence-electron chi connectivity index (χ3n) is 2.78. The van der Waals surface area contributed by atoms with Crippen LogP contribution >= 0.6 is 0 Å². The summed E-state index contributed by atoms with van der Waals surface area (Å²) in [6, 6.07) is 17.3. The number of urea groups is 1. The summed E-state index contributed by atoms with van der Waals surface area (Å²) in [5.41, 5.74) is 1.02. The number of hydrogen-bond donors (Lipinski definition) is 2. The maximum atomic E-state index is 11.5. The number of amides is 2. The molecule has 21 heavy (non-hydrogen) atoms. The highest BCUT2D eigenvalue weighted by molar-refractivity contribution is 5.74. The second kappa shape index (κ2) is 7.33. The first-order valence-electron chi connectivity index (χ1n) is 6.99. The van der Waals surface area contributed by atoms with Gasteiger partial charge in [-0.1, -0.05) is 30.3 Å². The van der Waals surface area contributed by atoms with E-state index in [1.165, 1.54) is 0 Å². The normalized spacial score (nSPS) is 10.2. The predicted molar refractivity (Wildman–Crippen MR) is 83.5 cm³/mol. The smallest absolute Gasteiger partial charge is 0.315 e. The molecule has 0 aromatic heterocycles. The highest BCUT2D eigenvalue weighted by Gasteiger charge is 2.02. The van der Waals surface area contributed by atoms with Crippen molar-refractivity contribution < 1.29 is 9.53 Å². The third kappa shape index (κ3) is 5.18. The van der Waals surface area contributed by atoms with Gasteiger partial charge in [-0.15, -0.1) is 0 Å². The summed E-state index contributed by atoms with van der Waals surface area (Å²) in [6.07, 6.45) is 0. The number of para-hydroxylation sites is 1. The number of carbonyl (C=O) groups is 1. The zero-order valence-electron chi connectivity index (χ0n) is 12.3. The molecular weight excluding hydrogens is 264 g/mol. The van der Waals surface area contributed by atoms with Gasteiger partial charge in [0.1, 0.15) is 11.5 Å². The quantitative estimate of drug-likeness (QED) is 0.879. The molecule has 4 heteroatoms. The van der Waals surface area contributed by atoms with Gasteiger partial charge in [0.25, 0.3) is 0 Å². The summed E-state index contributed by atoms with van der Waals surface area (Å²) < 4.78 is 5.71. The van der Waals surface area contributed by atoms with Crippen LogP contribution in [0.15, 0.2) is 54.6 Å². The Morgan fingerprint density at radius 2 is 1.62 bits per heavy atom. The molecule has 0 heterocycles. The Morgan fingerprint density at radius 1 is 1.00 bits per heavy atom. The Bertz CT molecular complexity index is 565. The molecule has 2 aromatic rings.